The van der Waals surface area contributed by atoms with Crippen molar-refractivity contribution >= 4 is 0 Å². The smallest absolute Gasteiger partial charge is 0.00665 e. The Hall–Kier alpha value is -0.0400. The minimum Gasteiger partial charge on any atom is -0.317 e. The molecule has 1 saturated carbocycles. The number of nitrogens with one attached hydrogen (secondary N) is 1. The van der Waals surface area contributed by atoms with Gasteiger partial charge in [0.25, 0.3) is 0 Å². The van der Waals surface area contributed by atoms with Gasteiger partial charge < -0.3 is 5.32 Å². The molecule has 0 spiro atoms. The van der Waals surface area contributed by atoms with Gasteiger partial charge in [0, 0.05) is 6.04 Å². The van der Waals surface area contributed by atoms with E-state index in [0.29, 0.717) is 6.04 Å². The van der Waals surface area contributed by atoms with Crippen molar-refractivity contribution < 1.29 is 0 Å². The lowest BCUT2D eigenvalue weighted by Crippen LogP contribution is -2.35. The zero-order chi connectivity index (χ0) is 10.3. The third-order valence-corrected chi connectivity index (χ3v) is 3.28. The molecule has 0 unspecified atom stereocenters. The van der Waals surface area contributed by atoms with E-state index < -0.39 is 0 Å². The molecule has 0 heterocycles. The summed E-state index contributed by atoms with van der Waals surface area (Å²) in [4.78, 5) is 0. The minimum absolute atomic E-state index is 0.713. The van der Waals surface area contributed by atoms with Crippen molar-refractivity contribution in [3.63, 3.8) is 0 Å². The van der Waals surface area contributed by atoms with Gasteiger partial charge in [0.15, 0.2) is 0 Å². The van der Waals surface area contributed by atoms with Crippen LogP contribution >= 0.6 is 0 Å². The molecular formula is C12H27N. The first-order valence-electron chi connectivity index (χ1n) is 5.93. The van der Waals surface area contributed by atoms with Crippen LogP contribution in [0, 0.1) is 11.8 Å². The van der Waals surface area contributed by atoms with Crippen LogP contribution < -0.4 is 5.32 Å². The summed E-state index contributed by atoms with van der Waals surface area (Å²) in [5, 5.41) is 3.37. The fourth-order valence-electron chi connectivity index (χ4n) is 2.30. The van der Waals surface area contributed by atoms with Crippen molar-refractivity contribution in [3.05, 3.63) is 0 Å². The van der Waals surface area contributed by atoms with Crippen molar-refractivity contribution in [2.75, 3.05) is 7.05 Å². The SMILES string of the molecule is CC.CN[C@@H](C)[C@H]1CCCC[C@H]1C. The molecule has 0 amide bonds. The van der Waals surface area contributed by atoms with Gasteiger partial charge in [-0.3, -0.25) is 0 Å². The van der Waals surface area contributed by atoms with Crippen LogP contribution in [0.4, 0.5) is 0 Å². The summed E-state index contributed by atoms with van der Waals surface area (Å²) < 4.78 is 0. The Kier molecular flexibility index (Phi) is 7.35. The lowest BCUT2D eigenvalue weighted by molar-refractivity contribution is 0.209. The molecule has 1 N–H and O–H groups in total. The van der Waals surface area contributed by atoms with Crippen LogP contribution in [0.3, 0.4) is 0 Å². The van der Waals surface area contributed by atoms with E-state index in [4.69, 9.17) is 0 Å². The molecule has 1 aliphatic rings. The molecule has 1 fully saturated rings. The lowest BCUT2D eigenvalue weighted by Gasteiger charge is -2.33. The average molecular weight is 185 g/mol. The van der Waals surface area contributed by atoms with E-state index >= 15 is 0 Å². The normalized spacial score (nSPS) is 30.2. The van der Waals surface area contributed by atoms with E-state index in [-0.39, 0.29) is 0 Å². The molecule has 1 aliphatic carbocycles. The topological polar surface area (TPSA) is 12.0 Å². The predicted octanol–water partition coefficient (Wildman–Crippen LogP) is 3.45. The van der Waals surface area contributed by atoms with Crippen LogP contribution in [0.15, 0.2) is 0 Å². The molecule has 0 radical (unpaired) electrons. The number of rotatable bonds is 2. The third kappa shape index (κ3) is 4.12. The maximum Gasteiger partial charge on any atom is 0.00665 e. The summed E-state index contributed by atoms with van der Waals surface area (Å²) in [6.07, 6.45) is 5.77. The van der Waals surface area contributed by atoms with Crippen LogP contribution in [0.25, 0.3) is 0 Å². The Balaban J connectivity index is 0.000000671. The van der Waals surface area contributed by atoms with Crippen LogP contribution in [0.1, 0.15) is 53.4 Å². The molecule has 80 valence electrons. The first-order valence-corrected chi connectivity index (χ1v) is 5.93. The van der Waals surface area contributed by atoms with E-state index in [1.165, 1.54) is 25.7 Å². The van der Waals surface area contributed by atoms with Crippen molar-refractivity contribution in [1.82, 2.24) is 5.32 Å². The second-order valence-corrected chi connectivity index (χ2v) is 4.00. The van der Waals surface area contributed by atoms with Crippen molar-refractivity contribution in [2.24, 2.45) is 11.8 Å². The van der Waals surface area contributed by atoms with Gasteiger partial charge in [0.1, 0.15) is 0 Å². The second-order valence-electron chi connectivity index (χ2n) is 4.00. The maximum atomic E-state index is 3.37. The second kappa shape index (κ2) is 7.37. The third-order valence-electron chi connectivity index (χ3n) is 3.28. The van der Waals surface area contributed by atoms with Crippen LogP contribution in [-0.2, 0) is 0 Å². The van der Waals surface area contributed by atoms with Crippen molar-refractivity contribution in [1.29, 1.82) is 0 Å². The molecule has 0 aromatic heterocycles. The van der Waals surface area contributed by atoms with E-state index in [1.54, 1.807) is 0 Å². The monoisotopic (exact) mass is 185 g/mol. The van der Waals surface area contributed by atoms with Gasteiger partial charge in [0.2, 0.25) is 0 Å². The highest BCUT2D eigenvalue weighted by Gasteiger charge is 2.24. The van der Waals surface area contributed by atoms with Gasteiger partial charge in [-0.2, -0.15) is 0 Å². The Morgan fingerprint density at radius 3 is 2.15 bits per heavy atom. The standard InChI is InChI=1S/C10H21N.C2H6/c1-8-6-4-5-7-10(8)9(2)11-3;1-2/h8-11H,4-7H2,1-3H3;1-2H3/t8-,9+,10+;/m1./s1. The van der Waals surface area contributed by atoms with E-state index in [9.17, 15) is 0 Å². The van der Waals surface area contributed by atoms with Crippen LogP contribution in [0.5, 0.6) is 0 Å². The first kappa shape index (κ1) is 13.0. The predicted molar refractivity (Wildman–Crippen MR) is 61.0 cm³/mol. The molecule has 1 nitrogen and oxygen atoms in total. The maximum absolute atomic E-state index is 3.37. The summed E-state index contributed by atoms with van der Waals surface area (Å²) in [7, 11) is 2.08. The van der Waals surface area contributed by atoms with Crippen LogP contribution in [0.2, 0.25) is 0 Å². The molecule has 3 atom stereocenters. The molecule has 0 saturated heterocycles. The van der Waals surface area contributed by atoms with Gasteiger partial charge in [0.05, 0.1) is 0 Å². The van der Waals surface area contributed by atoms with Gasteiger partial charge in [-0.25, -0.2) is 0 Å². The fourth-order valence-corrected chi connectivity index (χ4v) is 2.30. The minimum atomic E-state index is 0.713. The Morgan fingerprint density at radius 1 is 1.15 bits per heavy atom. The highest BCUT2D eigenvalue weighted by atomic mass is 14.9. The summed E-state index contributed by atoms with van der Waals surface area (Å²) in [6.45, 7) is 8.71. The zero-order valence-electron chi connectivity index (χ0n) is 10.1. The van der Waals surface area contributed by atoms with E-state index in [1.807, 2.05) is 13.8 Å². The summed E-state index contributed by atoms with van der Waals surface area (Å²) in [5.41, 5.74) is 0. The molecule has 0 aliphatic heterocycles. The zero-order valence-corrected chi connectivity index (χ0v) is 10.1. The quantitative estimate of drug-likeness (QED) is 0.695. The molecule has 1 heteroatoms. The van der Waals surface area contributed by atoms with E-state index in [2.05, 4.69) is 26.2 Å². The van der Waals surface area contributed by atoms with Gasteiger partial charge in [-0.15, -0.1) is 0 Å². The fraction of sp³-hybridized carbons (Fsp3) is 1.00. The lowest BCUT2D eigenvalue weighted by atomic mass is 9.77. The first-order chi connectivity index (χ1) is 6.25. The largest absolute Gasteiger partial charge is 0.317 e. The number of hydrogen-bond donors (Lipinski definition) is 1. The van der Waals surface area contributed by atoms with Gasteiger partial charge >= 0.3 is 0 Å². The summed E-state index contributed by atoms with van der Waals surface area (Å²) >= 11 is 0. The number of hydrogen-bond acceptors (Lipinski definition) is 1. The Morgan fingerprint density at radius 2 is 1.69 bits per heavy atom. The Labute approximate surface area is 84.3 Å². The van der Waals surface area contributed by atoms with Crippen molar-refractivity contribution in [3.8, 4) is 0 Å². The van der Waals surface area contributed by atoms with Gasteiger partial charge in [-0.1, -0.05) is 40.0 Å². The highest BCUT2D eigenvalue weighted by molar-refractivity contribution is 4.79. The van der Waals surface area contributed by atoms with Crippen molar-refractivity contribution in [2.45, 2.75) is 59.4 Å². The highest BCUT2D eigenvalue weighted by Crippen LogP contribution is 2.31. The average Bonchev–Trinajstić information content (AvgIpc) is 2.20. The summed E-state index contributed by atoms with van der Waals surface area (Å²) in [6, 6.07) is 0.713. The molecule has 1 rings (SSSR count). The molecular weight excluding hydrogens is 158 g/mol. The Bertz CT molecular complexity index is 108. The molecule has 0 aromatic rings. The molecule has 0 aromatic carbocycles. The van der Waals surface area contributed by atoms with Gasteiger partial charge in [-0.05, 0) is 32.2 Å². The van der Waals surface area contributed by atoms with E-state index in [0.717, 1.165) is 11.8 Å². The summed E-state index contributed by atoms with van der Waals surface area (Å²) in [5.74, 6) is 1.86. The molecule has 0 bridgehead atoms. The van der Waals surface area contributed by atoms with Crippen LogP contribution in [-0.4, -0.2) is 13.1 Å². The molecule has 13 heavy (non-hydrogen) atoms.